The fraction of sp³-hybridized carbons (Fsp3) is 0.545. The molecule has 1 heterocycles. The number of sulfonamides is 1. The summed E-state index contributed by atoms with van der Waals surface area (Å²) in [5, 5.41) is 0. The monoisotopic (exact) mass is 256 g/mol. The number of aromatic amines is 1. The molecule has 2 N–H and O–H groups in total. The lowest BCUT2D eigenvalue weighted by Gasteiger charge is -2.06. The Balaban J connectivity index is 2.10. The van der Waals surface area contributed by atoms with Gasteiger partial charge in [0.25, 0.3) is 0 Å². The molecule has 1 unspecified atom stereocenters. The fourth-order valence-corrected chi connectivity index (χ4v) is 2.96. The highest BCUT2D eigenvalue weighted by Crippen LogP contribution is 2.51. The second-order valence-electron chi connectivity index (χ2n) is 5.11. The summed E-state index contributed by atoms with van der Waals surface area (Å²) < 4.78 is 26.2. The number of rotatable bonds is 4. The van der Waals surface area contributed by atoms with Crippen LogP contribution in [0.5, 0.6) is 0 Å². The van der Waals surface area contributed by atoms with Gasteiger partial charge in [0.2, 0.25) is 15.5 Å². The van der Waals surface area contributed by atoms with Crippen LogP contribution in [-0.4, -0.2) is 19.9 Å². The molecule has 1 aliphatic carbocycles. The van der Waals surface area contributed by atoms with Gasteiger partial charge in [-0.25, -0.2) is 13.1 Å². The van der Waals surface area contributed by atoms with Crippen molar-refractivity contribution < 1.29 is 8.42 Å². The van der Waals surface area contributed by atoms with Crippen LogP contribution in [0.2, 0.25) is 0 Å². The van der Waals surface area contributed by atoms with Crippen molar-refractivity contribution in [2.24, 2.45) is 11.3 Å². The van der Waals surface area contributed by atoms with Crippen molar-refractivity contribution in [3.05, 3.63) is 28.7 Å². The highest BCUT2D eigenvalue weighted by Gasteiger charge is 2.45. The van der Waals surface area contributed by atoms with E-state index in [0.29, 0.717) is 12.5 Å². The van der Waals surface area contributed by atoms with Crippen LogP contribution >= 0.6 is 0 Å². The first-order valence-electron chi connectivity index (χ1n) is 5.50. The van der Waals surface area contributed by atoms with E-state index in [2.05, 4.69) is 23.6 Å². The summed E-state index contributed by atoms with van der Waals surface area (Å²) in [6.45, 7) is 4.59. The predicted octanol–water partition coefficient (Wildman–Crippen LogP) is 0.699. The quantitative estimate of drug-likeness (QED) is 0.832. The molecule has 2 rings (SSSR count). The molecule has 0 radical (unpaired) electrons. The zero-order chi connectivity index (χ0) is 12.7. The number of aromatic nitrogens is 1. The average molecular weight is 256 g/mol. The van der Waals surface area contributed by atoms with Crippen LogP contribution in [0.15, 0.2) is 28.2 Å². The molecule has 1 atom stereocenters. The Kier molecular flexibility index (Phi) is 2.87. The number of hydrogen-bond donors (Lipinski definition) is 2. The Labute approximate surface area is 100 Å². The van der Waals surface area contributed by atoms with Crippen LogP contribution in [0.25, 0.3) is 0 Å². The van der Waals surface area contributed by atoms with Gasteiger partial charge in [0.15, 0.2) is 0 Å². The topological polar surface area (TPSA) is 79.0 Å². The van der Waals surface area contributed by atoms with Gasteiger partial charge in [0, 0.05) is 25.0 Å². The van der Waals surface area contributed by atoms with Crippen molar-refractivity contribution >= 4 is 10.0 Å². The maximum Gasteiger partial charge on any atom is 0.245 e. The lowest BCUT2D eigenvalue weighted by Crippen LogP contribution is -2.30. The van der Waals surface area contributed by atoms with Crippen LogP contribution in [0.4, 0.5) is 0 Å². The first-order chi connectivity index (χ1) is 7.83. The smallest absolute Gasteiger partial charge is 0.245 e. The lowest BCUT2D eigenvalue weighted by molar-refractivity contribution is 0.537. The van der Waals surface area contributed by atoms with Crippen molar-refractivity contribution in [1.29, 1.82) is 0 Å². The average Bonchev–Trinajstić information content (AvgIpc) is 2.84. The summed E-state index contributed by atoms with van der Waals surface area (Å²) in [6, 6.07) is 1.20. The van der Waals surface area contributed by atoms with E-state index in [1.807, 2.05) is 0 Å². The van der Waals surface area contributed by atoms with Crippen molar-refractivity contribution in [2.75, 3.05) is 6.54 Å². The van der Waals surface area contributed by atoms with Gasteiger partial charge in [0.05, 0.1) is 0 Å². The third kappa shape index (κ3) is 2.58. The van der Waals surface area contributed by atoms with Gasteiger partial charge in [-0.2, -0.15) is 0 Å². The molecule has 0 aromatic carbocycles. The molecule has 5 nitrogen and oxygen atoms in total. The number of hydrogen-bond acceptors (Lipinski definition) is 3. The number of pyridine rings is 1. The standard InChI is InChI=1S/C11H16N2O3S/c1-11(2)5-8(11)6-13-17(15,16)10-7-12-4-3-9(10)14/h3-4,7-8,13H,5-6H2,1-2H3,(H,12,14). The molecule has 6 heteroatoms. The molecule has 0 bridgehead atoms. The zero-order valence-electron chi connectivity index (χ0n) is 9.86. The molecule has 1 saturated carbocycles. The summed E-state index contributed by atoms with van der Waals surface area (Å²) in [5.74, 6) is 0.361. The molecule has 1 aromatic heterocycles. The van der Waals surface area contributed by atoms with Gasteiger partial charge in [-0.15, -0.1) is 0 Å². The first kappa shape index (κ1) is 12.3. The summed E-state index contributed by atoms with van der Waals surface area (Å²) in [7, 11) is -3.69. The Hall–Kier alpha value is -1.14. The molecule has 1 aromatic rings. The third-order valence-corrected chi connectivity index (χ3v) is 4.76. The van der Waals surface area contributed by atoms with Crippen LogP contribution in [0, 0.1) is 11.3 Å². The van der Waals surface area contributed by atoms with Gasteiger partial charge < -0.3 is 4.98 Å². The largest absolute Gasteiger partial charge is 0.366 e. The molecule has 1 aliphatic rings. The van der Waals surface area contributed by atoms with Gasteiger partial charge in [-0.3, -0.25) is 4.79 Å². The summed E-state index contributed by atoms with van der Waals surface area (Å²) >= 11 is 0. The summed E-state index contributed by atoms with van der Waals surface area (Å²) in [5.41, 5.74) is -0.280. The van der Waals surface area contributed by atoms with Crippen LogP contribution in [-0.2, 0) is 10.0 Å². The minimum Gasteiger partial charge on any atom is -0.366 e. The van der Waals surface area contributed by atoms with Crippen molar-refractivity contribution in [1.82, 2.24) is 9.71 Å². The molecule has 94 valence electrons. The van der Waals surface area contributed by atoms with E-state index in [1.165, 1.54) is 18.5 Å². The van der Waals surface area contributed by atoms with Crippen LogP contribution < -0.4 is 10.2 Å². The van der Waals surface area contributed by atoms with Crippen molar-refractivity contribution in [3.63, 3.8) is 0 Å². The maximum atomic E-state index is 11.9. The van der Waals surface area contributed by atoms with Crippen molar-refractivity contribution in [2.45, 2.75) is 25.2 Å². The summed E-state index contributed by atoms with van der Waals surface area (Å²) in [4.78, 5) is 13.8. The fourth-order valence-electron chi connectivity index (χ4n) is 1.82. The van der Waals surface area contributed by atoms with E-state index < -0.39 is 15.5 Å². The Bertz CT molecular complexity index is 574. The molecular weight excluding hydrogens is 240 g/mol. The Morgan fingerprint density at radius 3 is 2.71 bits per heavy atom. The van der Waals surface area contributed by atoms with Gasteiger partial charge in [0.1, 0.15) is 4.90 Å². The molecule has 17 heavy (non-hydrogen) atoms. The highest BCUT2D eigenvalue weighted by atomic mass is 32.2. The summed E-state index contributed by atoms with van der Waals surface area (Å²) in [6.07, 6.45) is 3.63. The first-order valence-corrected chi connectivity index (χ1v) is 6.98. The van der Waals surface area contributed by atoms with E-state index in [9.17, 15) is 13.2 Å². The van der Waals surface area contributed by atoms with Gasteiger partial charge in [-0.1, -0.05) is 13.8 Å². The molecule has 0 aliphatic heterocycles. The van der Waals surface area contributed by atoms with Crippen LogP contribution in [0.1, 0.15) is 20.3 Å². The van der Waals surface area contributed by atoms with E-state index in [4.69, 9.17) is 0 Å². The highest BCUT2D eigenvalue weighted by molar-refractivity contribution is 7.89. The van der Waals surface area contributed by atoms with E-state index in [1.54, 1.807) is 0 Å². The molecule has 1 fully saturated rings. The minimum atomic E-state index is -3.69. The normalized spacial score (nSPS) is 22.4. The second-order valence-corrected chi connectivity index (χ2v) is 6.85. The molecule has 0 amide bonds. The SMILES string of the molecule is CC1(C)CC1CNS(=O)(=O)c1c[nH]ccc1=O. The van der Waals surface area contributed by atoms with Crippen molar-refractivity contribution in [3.8, 4) is 0 Å². The number of H-pyrrole nitrogens is 1. The minimum absolute atomic E-state index is 0.214. The third-order valence-electron chi connectivity index (χ3n) is 3.32. The van der Waals surface area contributed by atoms with Gasteiger partial charge in [-0.05, 0) is 17.8 Å². The zero-order valence-corrected chi connectivity index (χ0v) is 10.7. The lowest BCUT2D eigenvalue weighted by atomic mass is 10.1. The second kappa shape index (κ2) is 3.96. The Morgan fingerprint density at radius 2 is 2.18 bits per heavy atom. The van der Waals surface area contributed by atoms with E-state index in [0.717, 1.165) is 6.42 Å². The molecule has 0 saturated heterocycles. The van der Waals surface area contributed by atoms with E-state index in [-0.39, 0.29) is 10.3 Å². The molecule has 0 spiro atoms. The Morgan fingerprint density at radius 1 is 1.53 bits per heavy atom. The maximum absolute atomic E-state index is 11.9. The predicted molar refractivity (Wildman–Crippen MR) is 64.1 cm³/mol. The van der Waals surface area contributed by atoms with Crippen LogP contribution in [0.3, 0.4) is 0 Å². The van der Waals surface area contributed by atoms with E-state index >= 15 is 0 Å². The molecular formula is C11H16N2O3S. The van der Waals surface area contributed by atoms with Gasteiger partial charge >= 0.3 is 0 Å². The number of nitrogens with one attached hydrogen (secondary N) is 2.